The van der Waals surface area contributed by atoms with Gasteiger partial charge in [0, 0.05) is 28.4 Å². The number of aliphatic imine (C=N–C) groups is 1. The highest BCUT2D eigenvalue weighted by atomic mass is 16.1. The Kier molecular flexibility index (Phi) is 4.76. The van der Waals surface area contributed by atoms with Gasteiger partial charge in [-0.25, -0.2) is 0 Å². The van der Waals surface area contributed by atoms with Crippen molar-refractivity contribution >= 4 is 34.2 Å². The number of amides is 1. The van der Waals surface area contributed by atoms with Crippen molar-refractivity contribution in [2.45, 2.75) is 46.1 Å². The Bertz CT molecular complexity index is 939. The topological polar surface area (TPSA) is 94.5 Å². The van der Waals surface area contributed by atoms with Crippen LogP contribution in [-0.4, -0.2) is 27.9 Å². The van der Waals surface area contributed by atoms with Crippen molar-refractivity contribution in [2.75, 3.05) is 0 Å². The third kappa shape index (κ3) is 3.19. The molecular formula is C20H23N3O3. The molecule has 2 aromatic rings. The van der Waals surface area contributed by atoms with Crippen molar-refractivity contribution in [2.24, 2.45) is 16.6 Å². The summed E-state index contributed by atoms with van der Waals surface area (Å²) >= 11 is 0. The molecule has 6 nitrogen and oxygen atoms in total. The molecular weight excluding hydrogens is 330 g/mol. The lowest BCUT2D eigenvalue weighted by atomic mass is 9.88. The van der Waals surface area contributed by atoms with Gasteiger partial charge in [0.2, 0.25) is 0 Å². The maximum absolute atomic E-state index is 12.7. The first kappa shape index (κ1) is 18.0. The zero-order valence-corrected chi connectivity index (χ0v) is 15.3. The lowest BCUT2D eigenvalue weighted by molar-refractivity contribution is -0.115. The predicted octanol–water partition coefficient (Wildman–Crippen LogP) is 3.29. The molecule has 2 atom stereocenters. The van der Waals surface area contributed by atoms with E-state index in [1.807, 2.05) is 23.6 Å². The summed E-state index contributed by atoms with van der Waals surface area (Å²) in [5.41, 5.74) is 7.59. The summed E-state index contributed by atoms with van der Waals surface area (Å²) in [6.45, 7) is 5.52. The molecule has 0 aliphatic carbocycles. The molecule has 0 spiro atoms. The number of aromatic nitrogens is 1. The molecule has 1 amide bonds. The number of carbonyl (C=O) groups is 3. The SMILES string of the molecule is CCC1CC(C)n2c(cc3ccc(C(=O)N=C(N)CC(C)=O)cc32)C1=O. The minimum Gasteiger partial charge on any atom is -0.387 e. The van der Waals surface area contributed by atoms with Crippen LogP contribution in [0.2, 0.25) is 0 Å². The Labute approximate surface area is 152 Å². The number of benzene rings is 1. The molecule has 0 bridgehead atoms. The van der Waals surface area contributed by atoms with Crippen LogP contribution < -0.4 is 5.73 Å². The minimum atomic E-state index is -0.484. The maximum Gasteiger partial charge on any atom is 0.278 e. The van der Waals surface area contributed by atoms with E-state index >= 15 is 0 Å². The molecule has 2 N–H and O–H groups in total. The van der Waals surface area contributed by atoms with E-state index in [4.69, 9.17) is 5.73 Å². The molecule has 26 heavy (non-hydrogen) atoms. The Morgan fingerprint density at radius 2 is 2.04 bits per heavy atom. The Morgan fingerprint density at radius 1 is 1.31 bits per heavy atom. The molecule has 1 aliphatic rings. The number of hydrogen-bond acceptors (Lipinski definition) is 3. The minimum absolute atomic E-state index is 0.00844. The molecule has 0 radical (unpaired) electrons. The zero-order chi connectivity index (χ0) is 19.0. The Balaban J connectivity index is 2.02. The van der Waals surface area contributed by atoms with Gasteiger partial charge in [0.05, 0.1) is 12.1 Å². The predicted molar refractivity (Wildman–Crippen MR) is 101 cm³/mol. The Morgan fingerprint density at radius 3 is 2.69 bits per heavy atom. The van der Waals surface area contributed by atoms with Gasteiger partial charge in [0.15, 0.2) is 5.78 Å². The molecule has 1 aliphatic heterocycles. The largest absolute Gasteiger partial charge is 0.387 e. The monoisotopic (exact) mass is 353 g/mol. The standard InChI is InChI=1S/C20H23N3O3/c1-4-13-7-11(2)23-16-10-15(20(26)22-18(21)8-12(3)24)6-5-14(16)9-17(23)19(13)25/h5-6,9-11,13H,4,7-8H2,1-3H3,(H2,21,22,26). The smallest absolute Gasteiger partial charge is 0.278 e. The van der Waals surface area contributed by atoms with Crippen LogP contribution in [0.1, 0.15) is 66.9 Å². The maximum atomic E-state index is 12.7. The fourth-order valence-corrected chi connectivity index (χ4v) is 3.69. The second kappa shape index (κ2) is 6.86. The second-order valence-electron chi connectivity index (χ2n) is 7.01. The summed E-state index contributed by atoms with van der Waals surface area (Å²) in [6, 6.07) is 7.33. The third-order valence-corrected chi connectivity index (χ3v) is 4.95. The van der Waals surface area contributed by atoms with Crippen molar-refractivity contribution < 1.29 is 14.4 Å². The fourth-order valence-electron chi connectivity index (χ4n) is 3.69. The summed E-state index contributed by atoms with van der Waals surface area (Å²) in [5, 5.41) is 0.925. The van der Waals surface area contributed by atoms with Gasteiger partial charge in [0.1, 0.15) is 11.6 Å². The van der Waals surface area contributed by atoms with E-state index in [1.54, 1.807) is 12.1 Å². The molecule has 1 aromatic carbocycles. The van der Waals surface area contributed by atoms with Gasteiger partial charge in [-0.1, -0.05) is 13.0 Å². The Hall–Kier alpha value is -2.76. The number of Topliss-reactive ketones (excluding diaryl/α,β-unsaturated/α-hetero) is 2. The van der Waals surface area contributed by atoms with E-state index in [-0.39, 0.29) is 35.8 Å². The average Bonchev–Trinajstić information content (AvgIpc) is 2.96. The summed E-state index contributed by atoms with van der Waals surface area (Å²) in [4.78, 5) is 39.9. The van der Waals surface area contributed by atoms with E-state index in [0.29, 0.717) is 11.3 Å². The number of fused-ring (bicyclic) bond motifs is 3. The van der Waals surface area contributed by atoms with Crippen LogP contribution in [0.25, 0.3) is 10.9 Å². The van der Waals surface area contributed by atoms with Crippen molar-refractivity contribution in [3.8, 4) is 0 Å². The third-order valence-electron chi connectivity index (χ3n) is 4.95. The number of amidine groups is 1. The van der Waals surface area contributed by atoms with Gasteiger partial charge in [0.25, 0.3) is 5.91 Å². The van der Waals surface area contributed by atoms with Crippen molar-refractivity contribution in [1.82, 2.24) is 4.57 Å². The van der Waals surface area contributed by atoms with Crippen LogP contribution >= 0.6 is 0 Å². The normalized spacial score (nSPS) is 20.3. The molecule has 0 saturated heterocycles. The molecule has 2 unspecified atom stereocenters. The van der Waals surface area contributed by atoms with Crippen molar-refractivity contribution in [3.05, 3.63) is 35.5 Å². The second-order valence-corrected chi connectivity index (χ2v) is 7.01. The van der Waals surface area contributed by atoms with E-state index in [0.717, 1.165) is 23.7 Å². The van der Waals surface area contributed by atoms with Crippen molar-refractivity contribution in [1.29, 1.82) is 0 Å². The summed E-state index contributed by atoms with van der Waals surface area (Å²) in [7, 11) is 0. The lowest BCUT2D eigenvalue weighted by Crippen LogP contribution is -2.28. The van der Waals surface area contributed by atoms with Crippen LogP contribution in [0.15, 0.2) is 29.3 Å². The van der Waals surface area contributed by atoms with Crippen LogP contribution in [0.4, 0.5) is 0 Å². The van der Waals surface area contributed by atoms with Crippen LogP contribution in [0, 0.1) is 5.92 Å². The first-order valence-electron chi connectivity index (χ1n) is 8.87. The summed E-state index contributed by atoms with van der Waals surface area (Å²) in [5.74, 6) is -0.401. The number of ketones is 2. The first-order valence-corrected chi connectivity index (χ1v) is 8.87. The highest BCUT2D eigenvalue weighted by Crippen LogP contribution is 2.36. The van der Waals surface area contributed by atoms with Gasteiger partial charge >= 0.3 is 0 Å². The lowest BCUT2D eigenvalue weighted by Gasteiger charge is -2.28. The van der Waals surface area contributed by atoms with Gasteiger partial charge in [-0.05, 0) is 44.9 Å². The molecule has 2 heterocycles. The first-order chi connectivity index (χ1) is 12.3. The van der Waals surface area contributed by atoms with E-state index in [1.165, 1.54) is 6.92 Å². The van der Waals surface area contributed by atoms with E-state index in [9.17, 15) is 14.4 Å². The van der Waals surface area contributed by atoms with Gasteiger partial charge in [-0.3, -0.25) is 14.4 Å². The highest BCUT2D eigenvalue weighted by Gasteiger charge is 2.31. The van der Waals surface area contributed by atoms with Crippen molar-refractivity contribution in [3.63, 3.8) is 0 Å². The molecule has 136 valence electrons. The number of nitrogens with two attached hydrogens (primary N) is 1. The van der Waals surface area contributed by atoms with Gasteiger partial charge in [-0.15, -0.1) is 0 Å². The van der Waals surface area contributed by atoms with Gasteiger partial charge < -0.3 is 10.3 Å². The fraction of sp³-hybridized carbons (Fsp3) is 0.400. The molecule has 0 fully saturated rings. The number of rotatable bonds is 4. The van der Waals surface area contributed by atoms with E-state index < -0.39 is 5.91 Å². The number of hydrogen-bond donors (Lipinski definition) is 1. The molecule has 1 aromatic heterocycles. The van der Waals surface area contributed by atoms with Gasteiger partial charge in [-0.2, -0.15) is 4.99 Å². The highest BCUT2D eigenvalue weighted by molar-refractivity contribution is 6.09. The number of carbonyl (C=O) groups excluding carboxylic acids is 3. The quantitative estimate of drug-likeness (QED) is 0.674. The molecule has 6 heteroatoms. The van der Waals surface area contributed by atoms with E-state index in [2.05, 4.69) is 11.9 Å². The summed E-state index contributed by atoms with van der Waals surface area (Å²) < 4.78 is 2.02. The summed E-state index contributed by atoms with van der Waals surface area (Å²) in [6.07, 6.45) is 1.59. The van der Waals surface area contributed by atoms with Crippen LogP contribution in [-0.2, 0) is 4.79 Å². The van der Waals surface area contributed by atoms with Crippen LogP contribution in [0.5, 0.6) is 0 Å². The molecule has 0 saturated carbocycles. The number of nitrogens with zero attached hydrogens (tertiary/aromatic N) is 2. The average molecular weight is 353 g/mol. The van der Waals surface area contributed by atoms with Crippen LogP contribution in [0.3, 0.4) is 0 Å². The zero-order valence-electron chi connectivity index (χ0n) is 15.3. The molecule has 3 rings (SSSR count).